The molecular formula is C26H30N2O5. The van der Waals surface area contributed by atoms with Crippen molar-refractivity contribution in [2.45, 2.75) is 51.1 Å². The van der Waals surface area contributed by atoms with Crippen LogP contribution in [0.5, 0.6) is 0 Å². The highest BCUT2D eigenvalue weighted by Crippen LogP contribution is 2.44. The van der Waals surface area contributed by atoms with Crippen LogP contribution in [0.3, 0.4) is 0 Å². The first-order chi connectivity index (χ1) is 15.9. The van der Waals surface area contributed by atoms with Gasteiger partial charge in [0, 0.05) is 12.5 Å². The van der Waals surface area contributed by atoms with Crippen molar-refractivity contribution in [3.63, 3.8) is 0 Å². The largest absolute Gasteiger partial charge is 0.480 e. The van der Waals surface area contributed by atoms with Gasteiger partial charge >= 0.3 is 12.1 Å². The normalized spacial score (nSPS) is 20.5. The Kier molecular flexibility index (Phi) is 6.67. The second kappa shape index (κ2) is 9.65. The van der Waals surface area contributed by atoms with E-state index >= 15 is 0 Å². The number of hydrogen-bond acceptors (Lipinski definition) is 4. The second-order valence-electron chi connectivity index (χ2n) is 8.96. The van der Waals surface area contributed by atoms with Crippen molar-refractivity contribution >= 4 is 18.0 Å². The van der Waals surface area contributed by atoms with Gasteiger partial charge in [-0.05, 0) is 47.4 Å². The second-order valence-corrected chi connectivity index (χ2v) is 8.96. The molecule has 1 aliphatic carbocycles. The van der Waals surface area contributed by atoms with Crippen LogP contribution >= 0.6 is 0 Å². The summed E-state index contributed by atoms with van der Waals surface area (Å²) < 4.78 is 5.57. The van der Waals surface area contributed by atoms with Gasteiger partial charge in [-0.2, -0.15) is 0 Å². The number of carboxylic acids is 1. The van der Waals surface area contributed by atoms with E-state index in [1.807, 2.05) is 43.3 Å². The van der Waals surface area contributed by atoms with E-state index in [1.54, 1.807) is 6.92 Å². The first-order valence-corrected chi connectivity index (χ1v) is 11.6. The van der Waals surface area contributed by atoms with Crippen LogP contribution in [-0.2, 0) is 14.3 Å². The number of hydrogen-bond donors (Lipinski definition) is 2. The molecule has 0 saturated carbocycles. The summed E-state index contributed by atoms with van der Waals surface area (Å²) in [6, 6.07) is 14.5. The number of nitrogens with zero attached hydrogens (tertiary/aromatic N) is 1. The average Bonchev–Trinajstić information content (AvgIpc) is 3.14. The summed E-state index contributed by atoms with van der Waals surface area (Å²) in [6.45, 7) is 4.31. The number of fused-ring (bicyclic) bond motifs is 3. The fourth-order valence-corrected chi connectivity index (χ4v) is 4.97. The molecule has 1 fully saturated rings. The molecule has 2 amide bonds. The predicted octanol–water partition coefficient (Wildman–Crippen LogP) is 4.02. The topological polar surface area (TPSA) is 95.9 Å². The Morgan fingerprint density at radius 3 is 2.24 bits per heavy atom. The van der Waals surface area contributed by atoms with Crippen molar-refractivity contribution in [3.8, 4) is 11.1 Å². The van der Waals surface area contributed by atoms with Crippen molar-refractivity contribution in [1.29, 1.82) is 0 Å². The number of amides is 2. The van der Waals surface area contributed by atoms with E-state index in [0.29, 0.717) is 19.4 Å². The van der Waals surface area contributed by atoms with Crippen LogP contribution in [-0.4, -0.2) is 53.2 Å². The van der Waals surface area contributed by atoms with Crippen LogP contribution in [0.2, 0.25) is 0 Å². The third-order valence-corrected chi connectivity index (χ3v) is 6.73. The highest BCUT2D eigenvalue weighted by Gasteiger charge is 2.38. The van der Waals surface area contributed by atoms with Crippen molar-refractivity contribution in [2.75, 3.05) is 13.2 Å². The zero-order valence-electron chi connectivity index (χ0n) is 19.0. The maximum absolute atomic E-state index is 13.1. The van der Waals surface area contributed by atoms with Crippen molar-refractivity contribution in [2.24, 2.45) is 5.92 Å². The number of carboxylic acid groups (broad SMARTS) is 1. The molecule has 7 heteroatoms. The smallest absolute Gasteiger partial charge is 0.407 e. The van der Waals surface area contributed by atoms with Gasteiger partial charge in [0.05, 0.1) is 0 Å². The molecule has 33 heavy (non-hydrogen) atoms. The molecule has 1 heterocycles. The summed E-state index contributed by atoms with van der Waals surface area (Å²) in [7, 11) is 0. The van der Waals surface area contributed by atoms with E-state index < -0.39 is 24.1 Å². The van der Waals surface area contributed by atoms with Crippen molar-refractivity contribution in [3.05, 3.63) is 59.7 Å². The maximum Gasteiger partial charge on any atom is 0.407 e. The number of ether oxygens (including phenoxy) is 1. The lowest BCUT2D eigenvalue weighted by Crippen LogP contribution is -2.56. The minimum atomic E-state index is -1.01. The van der Waals surface area contributed by atoms with E-state index in [4.69, 9.17) is 4.74 Å². The lowest BCUT2D eigenvalue weighted by atomic mass is 9.93. The van der Waals surface area contributed by atoms with Gasteiger partial charge in [-0.3, -0.25) is 4.79 Å². The molecule has 0 spiro atoms. The minimum absolute atomic E-state index is 0.0711. The quantitative estimate of drug-likeness (QED) is 0.693. The van der Waals surface area contributed by atoms with Crippen LogP contribution in [0.25, 0.3) is 11.1 Å². The summed E-state index contributed by atoms with van der Waals surface area (Å²) >= 11 is 0. The number of piperidine rings is 1. The van der Waals surface area contributed by atoms with Gasteiger partial charge in [0.2, 0.25) is 5.91 Å². The van der Waals surface area contributed by atoms with Gasteiger partial charge in [-0.1, -0.05) is 62.4 Å². The van der Waals surface area contributed by atoms with E-state index in [9.17, 15) is 19.5 Å². The number of nitrogens with one attached hydrogen (secondary N) is 1. The highest BCUT2D eigenvalue weighted by atomic mass is 16.5. The van der Waals surface area contributed by atoms with E-state index in [2.05, 4.69) is 17.4 Å². The van der Waals surface area contributed by atoms with E-state index in [-0.39, 0.29) is 24.3 Å². The first kappa shape index (κ1) is 22.8. The van der Waals surface area contributed by atoms with Crippen LogP contribution < -0.4 is 5.32 Å². The third-order valence-electron chi connectivity index (χ3n) is 6.73. The Bertz CT molecular complexity index is 1010. The summed E-state index contributed by atoms with van der Waals surface area (Å²) in [5.74, 6) is -1.23. The molecule has 4 rings (SSSR count). The van der Waals surface area contributed by atoms with Gasteiger partial charge in [-0.15, -0.1) is 0 Å². The zero-order chi connectivity index (χ0) is 23.5. The zero-order valence-corrected chi connectivity index (χ0v) is 19.0. The van der Waals surface area contributed by atoms with Crippen LogP contribution in [0, 0.1) is 5.92 Å². The molecular weight excluding hydrogens is 420 g/mol. The van der Waals surface area contributed by atoms with Crippen LogP contribution in [0.15, 0.2) is 48.5 Å². The fourth-order valence-electron chi connectivity index (χ4n) is 4.97. The molecule has 0 aromatic heterocycles. The Morgan fingerprint density at radius 2 is 1.67 bits per heavy atom. The molecule has 2 aromatic carbocycles. The maximum atomic E-state index is 13.1. The van der Waals surface area contributed by atoms with E-state index in [0.717, 1.165) is 28.7 Å². The molecule has 3 atom stereocenters. The van der Waals surface area contributed by atoms with Gasteiger partial charge in [0.25, 0.3) is 0 Å². The number of rotatable bonds is 6. The summed E-state index contributed by atoms with van der Waals surface area (Å²) in [4.78, 5) is 38.8. The Balaban J connectivity index is 1.42. The Hall–Kier alpha value is -3.35. The molecule has 2 unspecified atom stereocenters. The molecule has 7 nitrogen and oxygen atoms in total. The lowest BCUT2D eigenvalue weighted by Gasteiger charge is -2.38. The number of carbonyl (C=O) groups excluding carboxylic acids is 2. The fraction of sp³-hybridized carbons (Fsp3) is 0.423. The molecule has 2 N–H and O–H groups in total. The van der Waals surface area contributed by atoms with E-state index in [1.165, 1.54) is 4.90 Å². The standard InChI is InChI=1S/C26H30N2O5/c1-3-22(24(29)28-14-16(2)12-13-23(28)25(30)31)27-26(32)33-15-21-19-10-6-4-8-17(19)18-9-5-7-11-20(18)21/h4-11,16,21-23H,3,12-15H2,1-2H3,(H,27,32)(H,30,31)/t16?,22-,23?/m0/s1. The van der Waals surface area contributed by atoms with Crippen molar-refractivity contribution < 1.29 is 24.2 Å². The van der Waals surface area contributed by atoms with Gasteiger partial charge in [0.15, 0.2) is 0 Å². The average molecular weight is 451 g/mol. The number of likely N-dealkylation sites (tertiary alicyclic amines) is 1. The first-order valence-electron chi connectivity index (χ1n) is 11.6. The molecule has 174 valence electrons. The molecule has 1 aliphatic heterocycles. The summed E-state index contributed by atoms with van der Waals surface area (Å²) in [5.41, 5.74) is 4.51. The van der Waals surface area contributed by atoms with Gasteiger partial charge in [0.1, 0.15) is 18.7 Å². The third kappa shape index (κ3) is 4.58. The minimum Gasteiger partial charge on any atom is -0.480 e. The van der Waals surface area contributed by atoms with Crippen LogP contribution in [0.1, 0.15) is 50.2 Å². The number of benzene rings is 2. The molecule has 0 bridgehead atoms. The number of aliphatic carboxylic acids is 1. The lowest BCUT2D eigenvalue weighted by molar-refractivity contribution is -0.154. The molecule has 0 radical (unpaired) electrons. The van der Waals surface area contributed by atoms with Crippen molar-refractivity contribution in [1.82, 2.24) is 10.2 Å². The summed E-state index contributed by atoms with van der Waals surface area (Å²) in [6.07, 6.45) is 0.857. The Labute approximate surface area is 193 Å². The number of carbonyl (C=O) groups is 3. The SMILES string of the molecule is CC[C@H](NC(=O)OCC1c2ccccc2-c2ccccc21)C(=O)N1CC(C)CCC1C(=O)O. The molecule has 1 saturated heterocycles. The molecule has 2 aliphatic rings. The summed E-state index contributed by atoms with van der Waals surface area (Å²) in [5, 5.41) is 12.2. The van der Waals surface area contributed by atoms with Crippen LogP contribution in [0.4, 0.5) is 4.79 Å². The van der Waals surface area contributed by atoms with Gasteiger partial charge < -0.3 is 20.1 Å². The molecule has 2 aromatic rings. The Morgan fingerprint density at radius 1 is 1.06 bits per heavy atom. The number of alkyl carbamates (subject to hydrolysis) is 1. The monoisotopic (exact) mass is 450 g/mol. The highest BCUT2D eigenvalue weighted by molar-refractivity contribution is 5.89. The predicted molar refractivity (Wildman–Crippen MR) is 124 cm³/mol. The van der Waals surface area contributed by atoms with Gasteiger partial charge in [-0.25, -0.2) is 9.59 Å².